The normalized spacial score (nSPS) is 39.2. The maximum absolute atomic E-state index is 6.04. The van der Waals surface area contributed by atoms with Crippen LogP contribution in [0.1, 0.15) is 32.6 Å². The molecule has 17 heavy (non-hydrogen) atoms. The van der Waals surface area contributed by atoms with Crippen LogP contribution in [-0.2, 0) is 4.84 Å². The lowest BCUT2D eigenvalue weighted by atomic mass is 9.53. The van der Waals surface area contributed by atoms with Crippen molar-refractivity contribution < 1.29 is 4.84 Å². The molecule has 94 valence electrons. The number of hydrogen-bond acceptors (Lipinski definition) is 4. The Balaban J connectivity index is 1.74. The molecule has 4 nitrogen and oxygen atoms in total. The first kappa shape index (κ1) is 11.2. The van der Waals surface area contributed by atoms with Crippen LogP contribution in [0.25, 0.3) is 0 Å². The zero-order chi connectivity index (χ0) is 11.9. The summed E-state index contributed by atoms with van der Waals surface area (Å²) in [6.45, 7) is 3.44. The molecule has 0 radical (unpaired) electrons. The SMILES string of the molecule is CCC1=C[C@H]2[C@@H](C1)C[C@@]2(CN)CC1=NCON1. The summed E-state index contributed by atoms with van der Waals surface area (Å²) in [5.74, 6) is 2.50. The van der Waals surface area contributed by atoms with Gasteiger partial charge in [0.15, 0.2) is 6.73 Å². The third-order valence-electron chi connectivity index (χ3n) is 4.71. The van der Waals surface area contributed by atoms with Gasteiger partial charge in [-0.15, -0.1) is 0 Å². The molecule has 0 unspecified atom stereocenters. The molecule has 2 aliphatic carbocycles. The van der Waals surface area contributed by atoms with Crippen LogP contribution < -0.4 is 11.2 Å². The van der Waals surface area contributed by atoms with E-state index in [-0.39, 0.29) is 5.41 Å². The molecule has 3 N–H and O–H groups in total. The van der Waals surface area contributed by atoms with Gasteiger partial charge in [-0.05, 0) is 43.1 Å². The fraction of sp³-hybridized carbons (Fsp3) is 0.769. The van der Waals surface area contributed by atoms with E-state index < -0.39 is 0 Å². The lowest BCUT2D eigenvalue weighted by molar-refractivity contribution is 0.0132. The van der Waals surface area contributed by atoms with E-state index in [9.17, 15) is 0 Å². The monoisotopic (exact) mass is 235 g/mol. The first-order valence-corrected chi connectivity index (χ1v) is 6.58. The van der Waals surface area contributed by atoms with Crippen molar-refractivity contribution in [3.63, 3.8) is 0 Å². The van der Waals surface area contributed by atoms with E-state index in [4.69, 9.17) is 10.6 Å². The average molecular weight is 235 g/mol. The number of aliphatic imine (C=N–C) groups is 1. The topological polar surface area (TPSA) is 59.6 Å². The number of allylic oxidation sites excluding steroid dienone is 2. The van der Waals surface area contributed by atoms with Crippen LogP contribution in [0.3, 0.4) is 0 Å². The molecule has 1 saturated carbocycles. The minimum Gasteiger partial charge on any atom is -0.330 e. The molecule has 0 spiro atoms. The first-order valence-electron chi connectivity index (χ1n) is 6.58. The average Bonchev–Trinajstić information content (AvgIpc) is 2.94. The molecule has 3 aliphatic rings. The minimum atomic E-state index is 0.237. The number of amidine groups is 1. The summed E-state index contributed by atoms with van der Waals surface area (Å²) < 4.78 is 0. The van der Waals surface area contributed by atoms with Gasteiger partial charge < -0.3 is 5.73 Å². The molecular weight excluding hydrogens is 214 g/mol. The second kappa shape index (κ2) is 4.10. The Morgan fingerprint density at radius 2 is 2.53 bits per heavy atom. The van der Waals surface area contributed by atoms with Crippen molar-refractivity contribution in [3.8, 4) is 0 Å². The van der Waals surface area contributed by atoms with Crippen LogP contribution in [0.5, 0.6) is 0 Å². The Morgan fingerprint density at radius 3 is 3.18 bits per heavy atom. The molecular formula is C13H21N3O. The summed E-state index contributed by atoms with van der Waals surface area (Å²) in [5.41, 5.74) is 10.8. The van der Waals surface area contributed by atoms with E-state index in [1.54, 1.807) is 5.57 Å². The van der Waals surface area contributed by atoms with Gasteiger partial charge >= 0.3 is 0 Å². The molecule has 0 aromatic rings. The molecule has 0 saturated heterocycles. The van der Waals surface area contributed by atoms with E-state index >= 15 is 0 Å². The number of nitrogens with one attached hydrogen (secondary N) is 1. The van der Waals surface area contributed by atoms with Crippen LogP contribution >= 0.6 is 0 Å². The van der Waals surface area contributed by atoms with Gasteiger partial charge in [-0.2, -0.15) is 0 Å². The Bertz CT molecular complexity index is 377. The Hall–Kier alpha value is -0.870. The molecule has 1 heterocycles. The molecule has 1 fully saturated rings. The summed E-state index contributed by atoms with van der Waals surface area (Å²) in [6, 6.07) is 0. The van der Waals surface area contributed by atoms with Gasteiger partial charge in [0.25, 0.3) is 0 Å². The Kier molecular flexibility index (Phi) is 2.71. The summed E-state index contributed by atoms with van der Waals surface area (Å²) >= 11 is 0. The Labute approximate surface area is 102 Å². The van der Waals surface area contributed by atoms with Crippen molar-refractivity contribution in [1.29, 1.82) is 0 Å². The van der Waals surface area contributed by atoms with E-state index in [1.165, 1.54) is 19.3 Å². The van der Waals surface area contributed by atoms with Crippen molar-refractivity contribution in [2.75, 3.05) is 13.3 Å². The molecule has 0 amide bonds. The summed E-state index contributed by atoms with van der Waals surface area (Å²) in [6.07, 6.45) is 7.15. The molecule has 3 atom stereocenters. The lowest BCUT2D eigenvalue weighted by Gasteiger charge is -2.52. The molecule has 0 bridgehead atoms. The lowest BCUT2D eigenvalue weighted by Crippen LogP contribution is -2.52. The third kappa shape index (κ3) is 1.70. The number of fused-ring (bicyclic) bond motifs is 1. The van der Waals surface area contributed by atoms with E-state index in [2.05, 4.69) is 23.5 Å². The smallest absolute Gasteiger partial charge is 0.166 e. The number of hydrogen-bond donors (Lipinski definition) is 2. The molecule has 1 aliphatic heterocycles. The van der Waals surface area contributed by atoms with Crippen molar-refractivity contribution in [2.24, 2.45) is 28.0 Å². The van der Waals surface area contributed by atoms with E-state index in [0.29, 0.717) is 12.6 Å². The first-order chi connectivity index (χ1) is 8.27. The van der Waals surface area contributed by atoms with Gasteiger partial charge in [0, 0.05) is 6.42 Å². The highest BCUT2D eigenvalue weighted by Crippen LogP contribution is 2.59. The fourth-order valence-electron chi connectivity index (χ4n) is 3.72. The van der Waals surface area contributed by atoms with Crippen LogP contribution in [0.15, 0.2) is 16.6 Å². The van der Waals surface area contributed by atoms with Crippen molar-refractivity contribution in [3.05, 3.63) is 11.6 Å². The zero-order valence-corrected chi connectivity index (χ0v) is 10.4. The van der Waals surface area contributed by atoms with Crippen LogP contribution in [-0.4, -0.2) is 19.1 Å². The van der Waals surface area contributed by atoms with Gasteiger partial charge in [-0.3, -0.25) is 10.3 Å². The maximum atomic E-state index is 6.04. The highest BCUT2D eigenvalue weighted by molar-refractivity contribution is 5.83. The highest BCUT2D eigenvalue weighted by atomic mass is 16.7. The molecule has 0 aromatic heterocycles. The van der Waals surface area contributed by atoms with Crippen LogP contribution in [0, 0.1) is 17.3 Å². The largest absolute Gasteiger partial charge is 0.330 e. The predicted octanol–water partition coefficient (Wildman–Crippen LogP) is 1.59. The van der Waals surface area contributed by atoms with Gasteiger partial charge in [0.2, 0.25) is 0 Å². The van der Waals surface area contributed by atoms with Gasteiger partial charge in [-0.1, -0.05) is 18.6 Å². The second-order valence-corrected chi connectivity index (χ2v) is 5.60. The number of nitrogens with zero attached hydrogens (tertiary/aromatic N) is 1. The predicted molar refractivity (Wildman–Crippen MR) is 67.2 cm³/mol. The summed E-state index contributed by atoms with van der Waals surface area (Å²) in [4.78, 5) is 9.37. The van der Waals surface area contributed by atoms with Crippen LogP contribution in [0.2, 0.25) is 0 Å². The summed E-state index contributed by atoms with van der Waals surface area (Å²) in [5, 5.41) is 0. The van der Waals surface area contributed by atoms with E-state index in [1.807, 2.05) is 0 Å². The van der Waals surface area contributed by atoms with Crippen molar-refractivity contribution >= 4 is 5.84 Å². The Morgan fingerprint density at radius 1 is 1.65 bits per heavy atom. The highest BCUT2D eigenvalue weighted by Gasteiger charge is 2.54. The van der Waals surface area contributed by atoms with Crippen molar-refractivity contribution in [2.45, 2.75) is 32.6 Å². The van der Waals surface area contributed by atoms with Crippen molar-refractivity contribution in [1.82, 2.24) is 5.48 Å². The third-order valence-corrected chi connectivity index (χ3v) is 4.71. The summed E-state index contributed by atoms with van der Waals surface area (Å²) in [7, 11) is 0. The number of rotatable bonds is 4. The van der Waals surface area contributed by atoms with Gasteiger partial charge in [0.05, 0.1) is 0 Å². The van der Waals surface area contributed by atoms with E-state index in [0.717, 1.165) is 24.7 Å². The molecule has 0 aromatic carbocycles. The minimum absolute atomic E-state index is 0.237. The molecule has 3 rings (SSSR count). The van der Waals surface area contributed by atoms with Gasteiger partial charge in [-0.25, -0.2) is 4.99 Å². The zero-order valence-electron chi connectivity index (χ0n) is 10.4. The quantitative estimate of drug-likeness (QED) is 0.727. The van der Waals surface area contributed by atoms with Crippen LogP contribution in [0.4, 0.5) is 0 Å². The number of hydroxylamine groups is 1. The fourth-order valence-corrected chi connectivity index (χ4v) is 3.72. The standard InChI is InChI=1S/C13H21N3O/c1-2-9-3-10-5-13(7-14,11(10)4-9)6-12-15-8-17-16-12/h4,10-11H,2-3,5-8,14H2,1H3,(H,15,16)/t10-,11-,13-/m0/s1. The number of nitrogens with two attached hydrogens (primary N) is 1. The second-order valence-electron chi connectivity index (χ2n) is 5.60. The maximum Gasteiger partial charge on any atom is 0.166 e. The molecule has 4 heteroatoms. The van der Waals surface area contributed by atoms with Gasteiger partial charge in [0.1, 0.15) is 5.84 Å².